The van der Waals surface area contributed by atoms with Gasteiger partial charge < -0.3 is 0 Å². The molecule has 0 bridgehead atoms. The molecule has 0 amide bonds. The van der Waals surface area contributed by atoms with Gasteiger partial charge in [0, 0.05) is 28.6 Å². The fraction of sp³-hybridized carbons (Fsp3) is 0.364. The minimum Gasteiger partial charge on any atom is -0.229 e. The Morgan fingerprint density at radius 2 is 2.21 bits per heavy atom. The van der Waals surface area contributed by atoms with Crippen molar-refractivity contribution < 1.29 is 8.97 Å². The molecular weight excluding hydrogens is 292 g/mol. The number of hydrogen-bond donors (Lipinski definition) is 0. The van der Waals surface area contributed by atoms with Crippen molar-refractivity contribution in [3.63, 3.8) is 0 Å². The van der Waals surface area contributed by atoms with E-state index in [0.29, 0.717) is 6.04 Å². The first-order valence-electron chi connectivity index (χ1n) is 4.60. The highest BCUT2D eigenvalue weighted by molar-refractivity contribution is 14.1. The largest absolute Gasteiger partial charge is 0.229 e. The molecule has 0 N–H and O–H groups in total. The summed E-state index contributed by atoms with van der Waals surface area (Å²) in [5.74, 6) is -0.0746. The SMILES string of the molecule is CC1=[N+](C)C2CC(I)=C(F)C=C2C=C1. The Kier molecular flexibility index (Phi) is 2.60. The molecule has 0 radical (unpaired) electrons. The van der Waals surface area contributed by atoms with Crippen LogP contribution >= 0.6 is 22.6 Å². The number of rotatable bonds is 0. The lowest BCUT2D eigenvalue weighted by atomic mass is 9.94. The van der Waals surface area contributed by atoms with E-state index < -0.39 is 0 Å². The van der Waals surface area contributed by atoms with Gasteiger partial charge in [-0.2, -0.15) is 0 Å². The fourth-order valence-corrected chi connectivity index (χ4v) is 2.38. The third kappa shape index (κ3) is 1.58. The van der Waals surface area contributed by atoms with Gasteiger partial charge in [-0.25, -0.2) is 8.97 Å². The predicted molar refractivity (Wildman–Crippen MR) is 64.6 cm³/mol. The van der Waals surface area contributed by atoms with E-state index in [4.69, 9.17) is 0 Å². The molecule has 74 valence electrons. The number of allylic oxidation sites excluding steroid dienone is 3. The summed E-state index contributed by atoms with van der Waals surface area (Å²) in [6.45, 7) is 2.08. The predicted octanol–water partition coefficient (Wildman–Crippen LogP) is 2.97. The minimum absolute atomic E-state index is 0.0746. The second-order valence-corrected chi connectivity index (χ2v) is 5.00. The Morgan fingerprint density at radius 3 is 2.93 bits per heavy atom. The van der Waals surface area contributed by atoms with E-state index in [-0.39, 0.29) is 5.83 Å². The van der Waals surface area contributed by atoms with E-state index in [1.807, 2.05) is 12.2 Å². The van der Waals surface area contributed by atoms with Crippen LogP contribution in [-0.4, -0.2) is 23.4 Å². The van der Waals surface area contributed by atoms with Gasteiger partial charge in [-0.15, -0.1) is 0 Å². The monoisotopic (exact) mass is 304 g/mol. The van der Waals surface area contributed by atoms with Crippen molar-refractivity contribution in [1.82, 2.24) is 0 Å². The van der Waals surface area contributed by atoms with Gasteiger partial charge in [0.2, 0.25) is 0 Å². The van der Waals surface area contributed by atoms with Crippen LogP contribution in [0.15, 0.2) is 33.2 Å². The quantitative estimate of drug-likeness (QED) is 0.478. The van der Waals surface area contributed by atoms with Crippen molar-refractivity contribution in [2.24, 2.45) is 0 Å². The zero-order chi connectivity index (χ0) is 10.3. The van der Waals surface area contributed by atoms with Gasteiger partial charge in [0.05, 0.1) is 0 Å². The smallest absolute Gasteiger partial charge is 0.182 e. The zero-order valence-corrected chi connectivity index (χ0v) is 10.4. The van der Waals surface area contributed by atoms with Gasteiger partial charge in [-0.1, -0.05) is 0 Å². The molecular formula is C11H12FIN+. The number of likely N-dealkylation sites (N-methyl/N-ethyl adjacent to an activating group) is 1. The van der Waals surface area contributed by atoms with Crippen LogP contribution in [0.2, 0.25) is 0 Å². The highest BCUT2D eigenvalue weighted by Crippen LogP contribution is 2.32. The van der Waals surface area contributed by atoms with Gasteiger partial charge in [-0.3, -0.25) is 0 Å². The highest BCUT2D eigenvalue weighted by atomic mass is 127. The molecule has 14 heavy (non-hydrogen) atoms. The summed E-state index contributed by atoms with van der Waals surface area (Å²) in [5.41, 5.74) is 2.31. The lowest BCUT2D eigenvalue weighted by Crippen LogP contribution is -2.32. The molecule has 1 aliphatic heterocycles. The maximum atomic E-state index is 13.3. The van der Waals surface area contributed by atoms with Crippen molar-refractivity contribution >= 4 is 28.3 Å². The van der Waals surface area contributed by atoms with Crippen LogP contribution in [0.1, 0.15) is 13.3 Å². The number of fused-ring (bicyclic) bond motifs is 1. The lowest BCUT2D eigenvalue weighted by molar-refractivity contribution is -0.528. The lowest BCUT2D eigenvalue weighted by Gasteiger charge is -2.22. The van der Waals surface area contributed by atoms with Crippen LogP contribution < -0.4 is 0 Å². The molecule has 0 fully saturated rings. The summed E-state index contributed by atoms with van der Waals surface area (Å²) in [4.78, 5) is 0. The molecule has 0 saturated heterocycles. The van der Waals surface area contributed by atoms with Gasteiger partial charge >= 0.3 is 0 Å². The average Bonchev–Trinajstić information content (AvgIpc) is 2.15. The summed E-state index contributed by atoms with van der Waals surface area (Å²) in [5, 5.41) is 0. The van der Waals surface area contributed by atoms with Gasteiger partial charge in [0.15, 0.2) is 11.8 Å². The van der Waals surface area contributed by atoms with Crippen molar-refractivity contribution in [3.05, 3.63) is 33.2 Å². The maximum absolute atomic E-state index is 13.3. The highest BCUT2D eigenvalue weighted by Gasteiger charge is 2.30. The number of nitrogens with zero attached hydrogens (tertiary/aromatic N) is 1. The Labute approximate surface area is 96.8 Å². The van der Waals surface area contributed by atoms with E-state index in [1.165, 1.54) is 5.71 Å². The summed E-state index contributed by atoms with van der Waals surface area (Å²) < 4.78 is 16.3. The third-order valence-electron chi connectivity index (χ3n) is 2.85. The van der Waals surface area contributed by atoms with Gasteiger partial charge in [0.1, 0.15) is 12.9 Å². The Hall–Kier alpha value is -0.450. The standard InChI is InChI=1S/C11H12FIN/c1-7-3-4-8-5-9(12)10(13)6-11(8)14(7)2/h3-5,11H,6H2,1-2H3/q+1. The molecule has 3 heteroatoms. The minimum atomic E-state index is -0.0746. The maximum Gasteiger partial charge on any atom is 0.182 e. The number of halogens is 2. The first-order valence-corrected chi connectivity index (χ1v) is 5.67. The molecule has 0 aromatic heterocycles. The molecule has 0 saturated carbocycles. The first-order chi connectivity index (χ1) is 6.59. The summed E-state index contributed by atoms with van der Waals surface area (Å²) in [7, 11) is 2.06. The normalized spacial score (nSPS) is 26.6. The van der Waals surface area contributed by atoms with Gasteiger partial charge in [0.25, 0.3) is 0 Å². The molecule has 1 aliphatic carbocycles. The molecule has 1 heterocycles. The molecule has 0 aromatic rings. The zero-order valence-electron chi connectivity index (χ0n) is 8.22. The Balaban J connectivity index is 2.44. The van der Waals surface area contributed by atoms with Crippen molar-refractivity contribution in [2.75, 3.05) is 7.05 Å². The molecule has 0 aromatic carbocycles. The van der Waals surface area contributed by atoms with Gasteiger partial charge in [-0.05, 0) is 34.7 Å². The topological polar surface area (TPSA) is 3.01 Å². The first kappa shape index (κ1) is 10.1. The molecule has 1 atom stereocenters. The second-order valence-electron chi connectivity index (χ2n) is 3.70. The summed E-state index contributed by atoms with van der Waals surface area (Å²) >= 11 is 2.09. The Bertz CT molecular complexity index is 402. The van der Waals surface area contributed by atoms with E-state index >= 15 is 0 Å². The average molecular weight is 304 g/mol. The summed E-state index contributed by atoms with van der Waals surface area (Å²) in [6.07, 6.45) is 6.49. The molecule has 1 nitrogen and oxygen atoms in total. The molecule has 2 rings (SSSR count). The van der Waals surface area contributed by atoms with E-state index in [1.54, 1.807) is 6.08 Å². The summed E-state index contributed by atoms with van der Waals surface area (Å²) in [6, 6.07) is 0.325. The van der Waals surface area contributed by atoms with Crippen LogP contribution in [-0.2, 0) is 0 Å². The van der Waals surface area contributed by atoms with Crippen molar-refractivity contribution in [2.45, 2.75) is 19.4 Å². The Morgan fingerprint density at radius 1 is 1.50 bits per heavy atom. The second kappa shape index (κ2) is 3.61. The molecule has 2 aliphatic rings. The van der Waals surface area contributed by atoms with Crippen LogP contribution in [0.5, 0.6) is 0 Å². The van der Waals surface area contributed by atoms with E-state index in [2.05, 4.69) is 41.1 Å². The fourth-order valence-electron chi connectivity index (χ4n) is 1.81. The molecule has 1 unspecified atom stereocenters. The van der Waals surface area contributed by atoms with Crippen molar-refractivity contribution in [3.8, 4) is 0 Å². The van der Waals surface area contributed by atoms with Crippen LogP contribution in [0, 0.1) is 0 Å². The molecule has 0 spiro atoms. The van der Waals surface area contributed by atoms with Crippen molar-refractivity contribution in [1.29, 1.82) is 0 Å². The van der Waals surface area contributed by atoms with Crippen LogP contribution in [0.3, 0.4) is 0 Å². The van der Waals surface area contributed by atoms with Crippen LogP contribution in [0.4, 0.5) is 4.39 Å². The van der Waals surface area contributed by atoms with E-state index in [9.17, 15) is 4.39 Å². The van der Waals surface area contributed by atoms with Crippen LogP contribution in [0.25, 0.3) is 0 Å². The third-order valence-corrected chi connectivity index (χ3v) is 3.81. The number of hydrogen-bond acceptors (Lipinski definition) is 0. The van der Waals surface area contributed by atoms with E-state index in [0.717, 1.165) is 15.6 Å².